The maximum Gasteiger partial charge on any atom is 0.275 e. The Morgan fingerprint density at radius 3 is 2.48 bits per heavy atom. The lowest BCUT2D eigenvalue weighted by Gasteiger charge is -2.14. The summed E-state index contributed by atoms with van der Waals surface area (Å²) in [4.78, 5) is 13.1. The summed E-state index contributed by atoms with van der Waals surface area (Å²) in [5.74, 6) is -0.0255. The van der Waals surface area contributed by atoms with E-state index in [1.807, 2.05) is 43.4 Å². The van der Waals surface area contributed by atoms with Crippen LogP contribution in [0, 0.1) is 0 Å². The minimum absolute atomic E-state index is 0.0255. The van der Waals surface area contributed by atoms with Gasteiger partial charge in [-0.1, -0.05) is 59.1 Å². The van der Waals surface area contributed by atoms with Crippen LogP contribution in [0.5, 0.6) is 0 Å². The van der Waals surface area contributed by atoms with E-state index in [-0.39, 0.29) is 5.91 Å². The molecule has 0 heterocycles. The number of likely N-dealkylation sites (N-methyl/N-ethyl adjacent to an activating group) is 1. The largest absolute Gasteiger partial charge is 0.347 e. The first-order valence-electron chi connectivity index (χ1n) is 7.21. The number of quaternary nitrogens is 1. The molecule has 2 rings (SSSR count). The number of hydrogen-bond acceptors (Lipinski definition) is 1. The normalized spacial score (nSPS) is 12.0. The van der Waals surface area contributed by atoms with Gasteiger partial charge in [0.1, 0.15) is 6.54 Å². The van der Waals surface area contributed by atoms with Gasteiger partial charge in [0.2, 0.25) is 0 Å². The van der Waals surface area contributed by atoms with Gasteiger partial charge in [-0.2, -0.15) is 0 Å². The Morgan fingerprint density at radius 1 is 1.04 bits per heavy atom. The molecule has 0 fully saturated rings. The third-order valence-electron chi connectivity index (χ3n) is 3.39. The lowest BCUT2D eigenvalue weighted by atomic mass is 10.2. The van der Waals surface area contributed by atoms with Gasteiger partial charge < -0.3 is 10.2 Å². The maximum absolute atomic E-state index is 12.0. The molecule has 1 atom stereocenters. The van der Waals surface area contributed by atoms with E-state index in [0.717, 1.165) is 16.0 Å². The molecule has 2 aromatic carbocycles. The molecule has 0 radical (unpaired) electrons. The van der Waals surface area contributed by atoms with Crippen molar-refractivity contribution >= 4 is 40.7 Å². The highest BCUT2D eigenvalue weighted by Gasteiger charge is 2.11. The fourth-order valence-electron chi connectivity index (χ4n) is 2.23. The summed E-state index contributed by atoms with van der Waals surface area (Å²) in [7, 11) is 1.96. The van der Waals surface area contributed by atoms with Gasteiger partial charge in [0.25, 0.3) is 5.91 Å². The molecular formula is C17H18Cl3N2O+. The predicted octanol–water partition coefficient (Wildman–Crippen LogP) is 2.98. The van der Waals surface area contributed by atoms with Crippen LogP contribution < -0.4 is 10.2 Å². The first kappa shape index (κ1) is 18.1. The molecule has 0 saturated heterocycles. The Bertz CT molecular complexity index is 691. The Morgan fingerprint density at radius 2 is 1.78 bits per heavy atom. The van der Waals surface area contributed by atoms with Crippen LogP contribution in [-0.4, -0.2) is 19.5 Å². The maximum atomic E-state index is 12.0. The average molecular weight is 373 g/mol. The van der Waals surface area contributed by atoms with E-state index < -0.39 is 0 Å². The van der Waals surface area contributed by atoms with Gasteiger partial charge in [0.15, 0.2) is 6.54 Å². The third-order valence-corrected chi connectivity index (χ3v) is 4.49. The smallest absolute Gasteiger partial charge is 0.275 e. The first-order chi connectivity index (χ1) is 11.0. The van der Waals surface area contributed by atoms with Crippen LogP contribution in [0.4, 0.5) is 0 Å². The predicted molar refractivity (Wildman–Crippen MR) is 95.2 cm³/mol. The van der Waals surface area contributed by atoms with Crippen molar-refractivity contribution in [3.63, 3.8) is 0 Å². The molecule has 0 bridgehead atoms. The zero-order valence-corrected chi connectivity index (χ0v) is 15.0. The van der Waals surface area contributed by atoms with Crippen molar-refractivity contribution in [2.24, 2.45) is 0 Å². The van der Waals surface area contributed by atoms with Crippen LogP contribution in [0.1, 0.15) is 11.1 Å². The van der Waals surface area contributed by atoms with Crippen molar-refractivity contribution in [1.82, 2.24) is 5.32 Å². The Labute approximate surface area is 151 Å². The molecule has 6 heteroatoms. The van der Waals surface area contributed by atoms with Gasteiger partial charge in [-0.3, -0.25) is 4.79 Å². The van der Waals surface area contributed by atoms with Crippen molar-refractivity contribution in [2.45, 2.75) is 13.1 Å². The first-order valence-corrected chi connectivity index (χ1v) is 8.34. The topological polar surface area (TPSA) is 33.5 Å². The number of hydrogen-bond donors (Lipinski definition) is 2. The van der Waals surface area contributed by atoms with Crippen molar-refractivity contribution in [3.8, 4) is 0 Å². The summed E-state index contributed by atoms with van der Waals surface area (Å²) in [5, 5.41) is 4.60. The average Bonchev–Trinajstić information content (AvgIpc) is 2.50. The fourth-order valence-corrected chi connectivity index (χ4v) is 2.76. The van der Waals surface area contributed by atoms with Crippen LogP contribution in [-0.2, 0) is 17.9 Å². The van der Waals surface area contributed by atoms with Gasteiger partial charge in [-0.25, -0.2) is 0 Å². The van der Waals surface area contributed by atoms with Crippen molar-refractivity contribution < 1.29 is 9.69 Å². The molecule has 0 aliphatic rings. The van der Waals surface area contributed by atoms with Crippen LogP contribution in [0.15, 0.2) is 42.5 Å². The zero-order chi connectivity index (χ0) is 16.8. The quantitative estimate of drug-likeness (QED) is 0.803. The van der Waals surface area contributed by atoms with E-state index in [0.29, 0.717) is 34.7 Å². The van der Waals surface area contributed by atoms with Gasteiger partial charge in [-0.05, 0) is 23.8 Å². The molecule has 2 aromatic rings. The van der Waals surface area contributed by atoms with Crippen LogP contribution in [0.3, 0.4) is 0 Å². The summed E-state index contributed by atoms with van der Waals surface area (Å²) in [5.41, 5.74) is 1.94. The molecule has 1 unspecified atom stereocenters. The van der Waals surface area contributed by atoms with Crippen LogP contribution in [0.25, 0.3) is 0 Å². The molecule has 1 amide bonds. The molecule has 0 aromatic heterocycles. The van der Waals surface area contributed by atoms with Crippen molar-refractivity contribution in [3.05, 3.63) is 68.7 Å². The molecule has 0 saturated carbocycles. The molecule has 0 spiro atoms. The highest BCUT2D eigenvalue weighted by atomic mass is 35.5. The summed E-state index contributed by atoms with van der Waals surface area (Å²) in [6.07, 6.45) is 0. The van der Waals surface area contributed by atoms with E-state index in [1.54, 1.807) is 6.07 Å². The lowest BCUT2D eigenvalue weighted by Crippen LogP contribution is -3.08. The van der Waals surface area contributed by atoms with Gasteiger partial charge in [-0.15, -0.1) is 0 Å². The zero-order valence-electron chi connectivity index (χ0n) is 12.7. The number of halogens is 3. The number of amides is 1. The van der Waals surface area contributed by atoms with Gasteiger partial charge in [0, 0.05) is 17.1 Å². The molecule has 0 aliphatic heterocycles. The van der Waals surface area contributed by atoms with Gasteiger partial charge >= 0.3 is 0 Å². The summed E-state index contributed by atoms with van der Waals surface area (Å²) < 4.78 is 0. The fraction of sp³-hybridized carbons (Fsp3) is 0.235. The van der Waals surface area contributed by atoms with E-state index >= 15 is 0 Å². The second-order valence-electron chi connectivity index (χ2n) is 5.43. The molecule has 2 N–H and O–H groups in total. The summed E-state index contributed by atoms with van der Waals surface area (Å²) in [6.45, 7) is 1.49. The molecule has 3 nitrogen and oxygen atoms in total. The van der Waals surface area contributed by atoms with Gasteiger partial charge in [0.05, 0.1) is 17.1 Å². The van der Waals surface area contributed by atoms with Crippen molar-refractivity contribution in [2.75, 3.05) is 13.6 Å². The Balaban J connectivity index is 1.82. The standard InChI is InChI=1S/C17H17Cl3N2O/c1-22(10-12-6-7-15(19)16(20)8-12)11-17(23)21-9-13-4-2-3-5-14(13)18/h2-8H,9-11H2,1H3,(H,21,23)/p+1. The second-order valence-corrected chi connectivity index (χ2v) is 6.65. The highest BCUT2D eigenvalue weighted by molar-refractivity contribution is 6.42. The minimum atomic E-state index is -0.0255. The summed E-state index contributed by atoms with van der Waals surface area (Å²) >= 11 is 18.0. The molecule has 23 heavy (non-hydrogen) atoms. The number of carbonyl (C=O) groups is 1. The molecule has 122 valence electrons. The van der Waals surface area contributed by atoms with Crippen molar-refractivity contribution in [1.29, 1.82) is 0 Å². The molecule has 0 aliphatic carbocycles. The monoisotopic (exact) mass is 371 g/mol. The summed E-state index contributed by atoms with van der Waals surface area (Å²) in [6, 6.07) is 13.0. The van der Waals surface area contributed by atoms with E-state index in [9.17, 15) is 4.79 Å². The van der Waals surface area contributed by atoms with E-state index in [2.05, 4.69) is 5.32 Å². The van der Waals surface area contributed by atoms with Crippen LogP contribution >= 0.6 is 34.8 Å². The molecular weight excluding hydrogens is 355 g/mol. The lowest BCUT2D eigenvalue weighted by molar-refractivity contribution is -0.885. The minimum Gasteiger partial charge on any atom is -0.347 e. The number of nitrogens with one attached hydrogen (secondary N) is 2. The second kappa shape index (κ2) is 8.55. The number of benzene rings is 2. The van der Waals surface area contributed by atoms with E-state index in [1.165, 1.54) is 0 Å². The Kier molecular flexibility index (Phi) is 6.72. The van der Waals surface area contributed by atoms with E-state index in [4.69, 9.17) is 34.8 Å². The highest BCUT2D eigenvalue weighted by Crippen LogP contribution is 2.22. The third kappa shape index (κ3) is 5.70. The Hall–Kier alpha value is -1.26. The number of rotatable bonds is 6. The SMILES string of the molecule is C[NH+](CC(=O)NCc1ccccc1Cl)Cc1ccc(Cl)c(Cl)c1. The number of carbonyl (C=O) groups excluding carboxylic acids is 1. The van der Waals surface area contributed by atoms with Crippen LogP contribution in [0.2, 0.25) is 15.1 Å².